The van der Waals surface area contributed by atoms with Gasteiger partial charge in [0, 0.05) is 24.1 Å². The molecule has 24 heavy (non-hydrogen) atoms. The zero-order chi connectivity index (χ0) is 17.2. The summed E-state index contributed by atoms with van der Waals surface area (Å²) in [6, 6.07) is 17.5. The van der Waals surface area contributed by atoms with Gasteiger partial charge in [0.05, 0.1) is 7.11 Å². The van der Waals surface area contributed by atoms with E-state index < -0.39 is 6.10 Å². The third kappa shape index (κ3) is 6.16. The first kappa shape index (κ1) is 18.2. The number of hydrogen-bond donors (Lipinski definition) is 1. The van der Waals surface area contributed by atoms with Gasteiger partial charge in [0.15, 0.2) is 6.10 Å². The Morgan fingerprint density at radius 1 is 1.12 bits per heavy atom. The van der Waals surface area contributed by atoms with E-state index in [1.165, 1.54) is 5.56 Å². The number of methoxy groups -OCH3 is 1. The van der Waals surface area contributed by atoms with Gasteiger partial charge in [0.2, 0.25) is 0 Å². The number of carbonyl (C=O) groups excluding carboxylic acids is 1. The smallest absolute Gasteiger partial charge is 0.260 e. The second-order valence-corrected chi connectivity index (χ2v) is 6.37. The van der Waals surface area contributed by atoms with E-state index in [2.05, 4.69) is 17.4 Å². The Hall–Kier alpha value is -2.14. The number of thioether (sulfide) groups is 1. The van der Waals surface area contributed by atoms with Crippen molar-refractivity contribution in [2.75, 3.05) is 19.4 Å². The fraction of sp³-hybridized carbons (Fsp3) is 0.316. The second-order valence-electron chi connectivity index (χ2n) is 5.27. The van der Waals surface area contributed by atoms with Gasteiger partial charge in [-0.1, -0.05) is 36.4 Å². The maximum atomic E-state index is 12.1. The number of benzene rings is 2. The van der Waals surface area contributed by atoms with Crippen molar-refractivity contribution in [3.8, 4) is 11.5 Å². The number of ether oxygens (including phenoxy) is 2. The van der Waals surface area contributed by atoms with Gasteiger partial charge in [-0.25, -0.2) is 0 Å². The maximum Gasteiger partial charge on any atom is 0.260 e. The molecule has 1 atom stereocenters. The molecule has 0 bridgehead atoms. The van der Waals surface area contributed by atoms with E-state index in [0.29, 0.717) is 18.0 Å². The van der Waals surface area contributed by atoms with Crippen molar-refractivity contribution in [3.05, 3.63) is 60.2 Å². The Labute approximate surface area is 147 Å². The molecule has 0 aliphatic carbocycles. The molecule has 1 N–H and O–H groups in total. The lowest BCUT2D eigenvalue weighted by Crippen LogP contribution is -2.37. The molecule has 0 unspecified atom stereocenters. The standard InChI is InChI=1S/C19H23NO3S/c1-15(23-18-10-6-9-17(13-18)22-2)19(21)20-11-12-24-14-16-7-4-3-5-8-16/h3-10,13,15H,11-12,14H2,1-2H3,(H,20,21)/t15-/m1/s1. The van der Waals surface area contributed by atoms with Gasteiger partial charge in [0.25, 0.3) is 5.91 Å². The normalized spacial score (nSPS) is 11.6. The summed E-state index contributed by atoms with van der Waals surface area (Å²) >= 11 is 1.80. The Morgan fingerprint density at radius 2 is 1.88 bits per heavy atom. The third-order valence-corrected chi connectivity index (χ3v) is 4.41. The number of nitrogens with one attached hydrogen (secondary N) is 1. The van der Waals surface area contributed by atoms with Gasteiger partial charge < -0.3 is 14.8 Å². The number of hydrogen-bond acceptors (Lipinski definition) is 4. The average Bonchev–Trinajstić information content (AvgIpc) is 2.62. The lowest BCUT2D eigenvalue weighted by molar-refractivity contribution is -0.127. The molecule has 0 aliphatic rings. The van der Waals surface area contributed by atoms with Crippen LogP contribution in [0.5, 0.6) is 11.5 Å². The Kier molecular flexibility index (Phi) is 7.49. The minimum absolute atomic E-state index is 0.113. The first-order valence-electron chi connectivity index (χ1n) is 7.89. The summed E-state index contributed by atoms with van der Waals surface area (Å²) < 4.78 is 10.8. The quantitative estimate of drug-likeness (QED) is 0.707. The molecule has 0 fully saturated rings. The Bertz CT molecular complexity index is 634. The van der Waals surface area contributed by atoms with Crippen molar-refractivity contribution in [1.82, 2.24) is 5.32 Å². The minimum Gasteiger partial charge on any atom is -0.497 e. The van der Waals surface area contributed by atoms with Crippen molar-refractivity contribution in [3.63, 3.8) is 0 Å². The van der Waals surface area contributed by atoms with Crippen LogP contribution in [0.25, 0.3) is 0 Å². The molecular formula is C19H23NO3S. The fourth-order valence-electron chi connectivity index (χ4n) is 2.09. The highest BCUT2D eigenvalue weighted by Gasteiger charge is 2.14. The van der Waals surface area contributed by atoms with Crippen LogP contribution in [0.1, 0.15) is 12.5 Å². The van der Waals surface area contributed by atoms with Crippen LogP contribution >= 0.6 is 11.8 Å². The molecule has 0 heterocycles. The molecule has 0 saturated carbocycles. The van der Waals surface area contributed by atoms with E-state index in [-0.39, 0.29) is 5.91 Å². The molecular weight excluding hydrogens is 322 g/mol. The summed E-state index contributed by atoms with van der Waals surface area (Å²) in [6.45, 7) is 2.37. The van der Waals surface area contributed by atoms with E-state index in [9.17, 15) is 4.79 Å². The van der Waals surface area contributed by atoms with E-state index in [1.54, 1.807) is 31.9 Å². The summed E-state index contributed by atoms with van der Waals surface area (Å²) in [5, 5.41) is 2.90. The lowest BCUT2D eigenvalue weighted by atomic mass is 10.2. The highest BCUT2D eigenvalue weighted by atomic mass is 32.2. The molecule has 5 heteroatoms. The third-order valence-electron chi connectivity index (χ3n) is 3.38. The minimum atomic E-state index is -0.545. The van der Waals surface area contributed by atoms with Gasteiger partial charge >= 0.3 is 0 Å². The molecule has 4 nitrogen and oxygen atoms in total. The van der Waals surface area contributed by atoms with Crippen molar-refractivity contribution >= 4 is 17.7 Å². The predicted octanol–water partition coefficient (Wildman–Crippen LogP) is 3.51. The molecule has 2 aromatic carbocycles. The molecule has 0 spiro atoms. The molecule has 0 radical (unpaired) electrons. The summed E-state index contributed by atoms with van der Waals surface area (Å²) in [7, 11) is 1.60. The van der Waals surface area contributed by atoms with Gasteiger partial charge in [0.1, 0.15) is 11.5 Å². The molecule has 0 saturated heterocycles. The lowest BCUT2D eigenvalue weighted by Gasteiger charge is -2.15. The fourth-order valence-corrected chi connectivity index (χ4v) is 2.91. The topological polar surface area (TPSA) is 47.6 Å². The summed E-state index contributed by atoms with van der Waals surface area (Å²) in [4.78, 5) is 12.1. The van der Waals surface area contributed by atoms with Crippen LogP contribution in [0.2, 0.25) is 0 Å². The summed E-state index contributed by atoms with van der Waals surface area (Å²) in [5.41, 5.74) is 1.29. The molecule has 1 amide bonds. The maximum absolute atomic E-state index is 12.1. The van der Waals surface area contributed by atoms with Gasteiger partial charge in [-0.05, 0) is 24.6 Å². The monoisotopic (exact) mass is 345 g/mol. The first-order chi connectivity index (χ1) is 11.7. The van der Waals surface area contributed by atoms with Crippen LogP contribution in [-0.4, -0.2) is 31.4 Å². The van der Waals surface area contributed by atoms with Crippen LogP contribution < -0.4 is 14.8 Å². The van der Waals surface area contributed by atoms with Crippen molar-refractivity contribution in [2.24, 2.45) is 0 Å². The molecule has 128 valence electrons. The predicted molar refractivity (Wildman–Crippen MR) is 98.7 cm³/mol. The molecule has 2 aromatic rings. The second kappa shape index (κ2) is 9.88. The average molecular weight is 345 g/mol. The van der Waals surface area contributed by atoms with Crippen LogP contribution in [0.15, 0.2) is 54.6 Å². The molecule has 0 aliphatic heterocycles. The zero-order valence-corrected chi connectivity index (χ0v) is 14.8. The van der Waals surface area contributed by atoms with Gasteiger partial charge in [-0.3, -0.25) is 4.79 Å². The zero-order valence-electron chi connectivity index (χ0n) is 14.0. The molecule has 0 aromatic heterocycles. The number of carbonyl (C=O) groups is 1. The van der Waals surface area contributed by atoms with Crippen molar-refractivity contribution < 1.29 is 14.3 Å². The van der Waals surface area contributed by atoms with E-state index >= 15 is 0 Å². The number of rotatable bonds is 9. The van der Waals surface area contributed by atoms with Gasteiger partial charge in [-0.15, -0.1) is 0 Å². The van der Waals surface area contributed by atoms with Crippen LogP contribution in [0, 0.1) is 0 Å². The largest absolute Gasteiger partial charge is 0.497 e. The highest BCUT2D eigenvalue weighted by molar-refractivity contribution is 7.98. The van der Waals surface area contributed by atoms with E-state index in [1.807, 2.05) is 36.4 Å². The molecule has 2 rings (SSSR count). The SMILES string of the molecule is COc1cccc(O[C@H](C)C(=O)NCCSCc2ccccc2)c1. The Morgan fingerprint density at radius 3 is 2.62 bits per heavy atom. The van der Waals surface area contributed by atoms with Crippen LogP contribution in [0.4, 0.5) is 0 Å². The van der Waals surface area contributed by atoms with E-state index in [0.717, 1.165) is 11.5 Å². The number of amides is 1. The highest BCUT2D eigenvalue weighted by Crippen LogP contribution is 2.20. The van der Waals surface area contributed by atoms with Gasteiger partial charge in [-0.2, -0.15) is 11.8 Å². The van der Waals surface area contributed by atoms with Crippen LogP contribution in [0.3, 0.4) is 0 Å². The van der Waals surface area contributed by atoms with Crippen molar-refractivity contribution in [2.45, 2.75) is 18.8 Å². The Balaban J connectivity index is 1.66. The summed E-state index contributed by atoms with van der Waals surface area (Å²) in [5.74, 6) is 3.03. The van der Waals surface area contributed by atoms with E-state index in [4.69, 9.17) is 9.47 Å². The van der Waals surface area contributed by atoms with Crippen molar-refractivity contribution in [1.29, 1.82) is 0 Å². The first-order valence-corrected chi connectivity index (χ1v) is 9.04. The summed E-state index contributed by atoms with van der Waals surface area (Å²) in [6.07, 6.45) is -0.545. The van der Waals surface area contributed by atoms with Crippen LogP contribution in [-0.2, 0) is 10.5 Å².